The standard InChI is InChI=1S/C21H26FN3O3S/c1-15-4-5-17(3)20(12-15)29(27,28)25-10-8-24(9-11-25)14-21(26)23-18-7-6-16(2)19(22)13-18/h4-7,12-13H,8-11,14H2,1-3H3,(H,23,26)/p+1. The fraction of sp³-hybridized carbons (Fsp3) is 0.381. The Morgan fingerprint density at radius 3 is 2.38 bits per heavy atom. The minimum absolute atomic E-state index is 0.214. The molecule has 2 aromatic rings. The Morgan fingerprint density at radius 1 is 1.07 bits per heavy atom. The lowest BCUT2D eigenvalue weighted by Gasteiger charge is -2.31. The van der Waals surface area contributed by atoms with Crippen LogP contribution < -0.4 is 10.2 Å². The predicted molar refractivity (Wildman–Crippen MR) is 110 cm³/mol. The van der Waals surface area contributed by atoms with Gasteiger partial charge < -0.3 is 10.2 Å². The maximum atomic E-state index is 13.6. The van der Waals surface area contributed by atoms with Crippen LogP contribution in [0.2, 0.25) is 0 Å². The molecule has 1 aliphatic heterocycles. The molecule has 0 atom stereocenters. The van der Waals surface area contributed by atoms with Crippen molar-refractivity contribution in [3.63, 3.8) is 0 Å². The van der Waals surface area contributed by atoms with Crippen LogP contribution in [-0.4, -0.2) is 51.4 Å². The molecule has 0 aromatic heterocycles. The van der Waals surface area contributed by atoms with Gasteiger partial charge in [-0.2, -0.15) is 4.31 Å². The molecule has 0 saturated carbocycles. The molecule has 1 saturated heterocycles. The Hall–Kier alpha value is -2.29. The SMILES string of the molecule is Cc1ccc(C)c(S(=O)(=O)N2CC[NH+](CC(=O)Nc3ccc(C)c(F)c3)CC2)c1. The lowest BCUT2D eigenvalue weighted by Crippen LogP contribution is -3.15. The molecule has 1 fully saturated rings. The lowest BCUT2D eigenvalue weighted by molar-refractivity contribution is -0.895. The maximum absolute atomic E-state index is 13.6. The summed E-state index contributed by atoms with van der Waals surface area (Å²) in [5, 5.41) is 2.71. The molecule has 6 nitrogen and oxygen atoms in total. The van der Waals surface area contributed by atoms with Crippen molar-refractivity contribution in [2.24, 2.45) is 0 Å². The minimum atomic E-state index is -3.55. The Morgan fingerprint density at radius 2 is 1.72 bits per heavy atom. The Labute approximate surface area is 171 Å². The van der Waals surface area contributed by atoms with Crippen molar-refractivity contribution < 1.29 is 22.5 Å². The summed E-state index contributed by atoms with van der Waals surface area (Å²) >= 11 is 0. The van der Waals surface area contributed by atoms with Crippen LogP contribution in [0.25, 0.3) is 0 Å². The topological polar surface area (TPSA) is 70.9 Å². The van der Waals surface area contributed by atoms with Crippen LogP contribution in [0.4, 0.5) is 10.1 Å². The number of hydrogen-bond acceptors (Lipinski definition) is 3. The number of hydrogen-bond donors (Lipinski definition) is 2. The van der Waals surface area contributed by atoms with Gasteiger partial charge in [-0.25, -0.2) is 12.8 Å². The number of aryl methyl sites for hydroxylation is 3. The second kappa shape index (κ2) is 8.61. The largest absolute Gasteiger partial charge is 0.325 e. The van der Waals surface area contributed by atoms with Crippen molar-refractivity contribution in [2.45, 2.75) is 25.7 Å². The fourth-order valence-electron chi connectivity index (χ4n) is 3.45. The van der Waals surface area contributed by atoms with Crippen LogP contribution in [0.1, 0.15) is 16.7 Å². The zero-order valence-corrected chi connectivity index (χ0v) is 17.8. The molecule has 0 spiro atoms. The van der Waals surface area contributed by atoms with Gasteiger partial charge in [-0.15, -0.1) is 0 Å². The molecule has 3 rings (SSSR count). The van der Waals surface area contributed by atoms with E-state index in [0.717, 1.165) is 16.0 Å². The number of halogens is 1. The van der Waals surface area contributed by atoms with E-state index in [1.807, 2.05) is 19.1 Å². The van der Waals surface area contributed by atoms with E-state index in [1.165, 1.54) is 10.4 Å². The molecule has 0 unspecified atom stereocenters. The quantitative estimate of drug-likeness (QED) is 0.766. The summed E-state index contributed by atoms with van der Waals surface area (Å²) in [7, 11) is -3.55. The van der Waals surface area contributed by atoms with Gasteiger partial charge in [0.05, 0.1) is 31.1 Å². The predicted octanol–water partition coefficient (Wildman–Crippen LogP) is 1.28. The summed E-state index contributed by atoms with van der Waals surface area (Å²) in [4.78, 5) is 13.6. The number of quaternary nitrogens is 1. The highest BCUT2D eigenvalue weighted by Gasteiger charge is 2.32. The third-order valence-corrected chi connectivity index (χ3v) is 7.30. The van der Waals surface area contributed by atoms with Crippen molar-refractivity contribution in [2.75, 3.05) is 38.0 Å². The van der Waals surface area contributed by atoms with E-state index in [2.05, 4.69) is 5.32 Å². The number of nitrogens with zero attached hydrogens (tertiary/aromatic N) is 1. The molecule has 1 amide bonds. The zero-order valence-electron chi connectivity index (χ0n) is 17.0. The first kappa shape index (κ1) is 21.4. The van der Waals surface area contributed by atoms with Crippen molar-refractivity contribution in [1.82, 2.24) is 4.31 Å². The highest BCUT2D eigenvalue weighted by Crippen LogP contribution is 2.21. The summed E-state index contributed by atoms with van der Waals surface area (Å²) in [5.41, 5.74) is 2.58. The number of rotatable bonds is 5. The van der Waals surface area contributed by atoms with Gasteiger partial charge in [0, 0.05) is 5.69 Å². The third-order valence-electron chi connectivity index (χ3n) is 5.26. The van der Waals surface area contributed by atoms with Gasteiger partial charge in [0.15, 0.2) is 6.54 Å². The zero-order chi connectivity index (χ0) is 21.2. The number of carbonyl (C=O) groups is 1. The molecule has 29 heavy (non-hydrogen) atoms. The van der Waals surface area contributed by atoms with E-state index in [1.54, 1.807) is 32.0 Å². The molecule has 0 bridgehead atoms. The van der Waals surface area contributed by atoms with E-state index in [-0.39, 0.29) is 18.3 Å². The van der Waals surface area contributed by atoms with E-state index in [0.29, 0.717) is 42.3 Å². The number of sulfonamides is 1. The molecule has 0 radical (unpaired) electrons. The number of carbonyl (C=O) groups excluding carboxylic acids is 1. The van der Waals surface area contributed by atoms with E-state index in [4.69, 9.17) is 0 Å². The van der Waals surface area contributed by atoms with Crippen LogP contribution in [0, 0.1) is 26.6 Å². The number of anilines is 1. The first-order valence-corrected chi connectivity index (χ1v) is 11.1. The highest BCUT2D eigenvalue weighted by molar-refractivity contribution is 7.89. The number of amides is 1. The van der Waals surface area contributed by atoms with Crippen molar-refractivity contribution in [3.05, 3.63) is 58.9 Å². The van der Waals surface area contributed by atoms with Crippen LogP contribution in [0.15, 0.2) is 41.3 Å². The average molecular weight is 421 g/mol. The average Bonchev–Trinajstić information content (AvgIpc) is 2.67. The van der Waals surface area contributed by atoms with Gasteiger partial charge in [-0.3, -0.25) is 4.79 Å². The second-order valence-electron chi connectivity index (χ2n) is 7.61. The lowest BCUT2D eigenvalue weighted by atomic mass is 10.2. The Kier molecular flexibility index (Phi) is 6.36. The van der Waals surface area contributed by atoms with Crippen LogP contribution in [0.5, 0.6) is 0 Å². The van der Waals surface area contributed by atoms with Crippen LogP contribution in [0.3, 0.4) is 0 Å². The third kappa shape index (κ3) is 5.01. The fourth-order valence-corrected chi connectivity index (χ4v) is 5.20. The minimum Gasteiger partial charge on any atom is -0.325 e. The molecule has 8 heteroatoms. The van der Waals surface area contributed by atoms with E-state index in [9.17, 15) is 17.6 Å². The van der Waals surface area contributed by atoms with Gasteiger partial charge in [-0.05, 0) is 55.7 Å². The Balaban J connectivity index is 1.58. The van der Waals surface area contributed by atoms with Gasteiger partial charge in [0.2, 0.25) is 10.0 Å². The monoisotopic (exact) mass is 420 g/mol. The van der Waals surface area contributed by atoms with Crippen molar-refractivity contribution in [1.29, 1.82) is 0 Å². The van der Waals surface area contributed by atoms with E-state index >= 15 is 0 Å². The summed E-state index contributed by atoms with van der Waals surface area (Å²) in [6, 6.07) is 10.0. The smallest absolute Gasteiger partial charge is 0.279 e. The molecule has 1 heterocycles. The summed E-state index contributed by atoms with van der Waals surface area (Å²) in [5.74, 6) is -0.575. The molecule has 2 N–H and O–H groups in total. The summed E-state index contributed by atoms with van der Waals surface area (Å²) in [6.45, 7) is 7.35. The normalized spacial score (nSPS) is 16.0. The molecular weight excluding hydrogens is 393 g/mol. The number of nitrogens with one attached hydrogen (secondary N) is 2. The molecular formula is C21H27FN3O3S+. The van der Waals surface area contributed by atoms with Gasteiger partial charge >= 0.3 is 0 Å². The first-order chi connectivity index (χ1) is 13.7. The number of piperazine rings is 1. The van der Waals surface area contributed by atoms with Crippen molar-refractivity contribution in [3.8, 4) is 0 Å². The summed E-state index contributed by atoms with van der Waals surface area (Å²) < 4.78 is 41.1. The first-order valence-electron chi connectivity index (χ1n) is 9.64. The molecule has 0 aliphatic carbocycles. The van der Waals surface area contributed by atoms with Gasteiger partial charge in [-0.1, -0.05) is 18.2 Å². The van der Waals surface area contributed by atoms with Crippen LogP contribution >= 0.6 is 0 Å². The summed E-state index contributed by atoms with van der Waals surface area (Å²) in [6.07, 6.45) is 0. The van der Waals surface area contributed by atoms with Gasteiger partial charge in [0.25, 0.3) is 5.91 Å². The Bertz CT molecular complexity index is 1020. The highest BCUT2D eigenvalue weighted by atomic mass is 32.2. The van der Waals surface area contributed by atoms with Crippen LogP contribution in [-0.2, 0) is 14.8 Å². The molecule has 156 valence electrons. The molecule has 2 aromatic carbocycles. The molecule has 1 aliphatic rings. The van der Waals surface area contributed by atoms with Gasteiger partial charge in [0.1, 0.15) is 5.82 Å². The second-order valence-corrected chi connectivity index (χ2v) is 9.52. The van der Waals surface area contributed by atoms with E-state index < -0.39 is 10.0 Å². The maximum Gasteiger partial charge on any atom is 0.279 e. The number of benzene rings is 2. The van der Waals surface area contributed by atoms with Crippen molar-refractivity contribution >= 4 is 21.6 Å².